The third-order valence-electron chi connectivity index (χ3n) is 7.60. The molecule has 9 aromatic rings. The molecule has 0 N–H and O–H groups in total. The molecule has 188 valence electrons. The summed E-state index contributed by atoms with van der Waals surface area (Å²) in [6.45, 7) is 0. The minimum Gasteiger partial charge on any atom is -0.456 e. The van der Waals surface area contributed by atoms with Crippen LogP contribution in [0.2, 0.25) is 0 Å². The molecule has 40 heavy (non-hydrogen) atoms. The maximum absolute atomic E-state index is 6.27. The molecule has 0 saturated heterocycles. The van der Waals surface area contributed by atoms with E-state index in [1.807, 2.05) is 66.7 Å². The fourth-order valence-corrected chi connectivity index (χ4v) is 5.85. The first kappa shape index (κ1) is 21.3. The molecule has 9 rings (SSSR count). The quantitative estimate of drug-likeness (QED) is 0.232. The molecule has 4 aromatic carbocycles. The number of aromatic nitrogens is 2. The molecule has 0 radical (unpaired) electrons. The number of anilines is 3. The van der Waals surface area contributed by atoms with Crippen molar-refractivity contribution >= 4 is 83.1 Å². The van der Waals surface area contributed by atoms with Gasteiger partial charge < -0.3 is 18.2 Å². The van der Waals surface area contributed by atoms with Crippen molar-refractivity contribution in [3.63, 3.8) is 0 Å². The minimum atomic E-state index is 0.628. The van der Waals surface area contributed by atoms with Gasteiger partial charge in [-0.2, -0.15) is 0 Å². The van der Waals surface area contributed by atoms with E-state index in [4.69, 9.17) is 13.3 Å². The molecule has 6 nitrogen and oxygen atoms in total. The first-order valence-electron chi connectivity index (χ1n) is 13.1. The largest absolute Gasteiger partial charge is 0.456 e. The van der Waals surface area contributed by atoms with Gasteiger partial charge in [0.05, 0.1) is 11.1 Å². The van der Waals surface area contributed by atoms with E-state index >= 15 is 0 Å². The van der Waals surface area contributed by atoms with Gasteiger partial charge in [0.15, 0.2) is 0 Å². The molecule has 0 amide bonds. The number of benzene rings is 4. The highest BCUT2D eigenvalue weighted by Crippen LogP contribution is 2.45. The van der Waals surface area contributed by atoms with Gasteiger partial charge in [-0.3, -0.25) is 0 Å². The third-order valence-corrected chi connectivity index (χ3v) is 7.60. The second-order valence-electron chi connectivity index (χ2n) is 9.86. The second-order valence-corrected chi connectivity index (χ2v) is 9.86. The molecule has 0 aliphatic heterocycles. The van der Waals surface area contributed by atoms with Crippen LogP contribution in [0.15, 0.2) is 129 Å². The van der Waals surface area contributed by atoms with Crippen molar-refractivity contribution in [2.24, 2.45) is 0 Å². The lowest BCUT2D eigenvalue weighted by Crippen LogP contribution is -2.10. The van der Waals surface area contributed by atoms with Crippen molar-refractivity contribution in [3.8, 4) is 0 Å². The Morgan fingerprint density at radius 3 is 1.70 bits per heavy atom. The summed E-state index contributed by atoms with van der Waals surface area (Å²) < 4.78 is 18.4. The second kappa shape index (κ2) is 7.94. The number of hydrogen-bond donors (Lipinski definition) is 0. The average Bonchev–Trinajstić information content (AvgIpc) is 3.68. The van der Waals surface area contributed by atoms with Crippen LogP contribution < -0.4 is 4.90 Å². The van der Waals surface area contributed by atoms with Crippen LogP contribution in [0.4, 0.5) is 17.1 Å². The number of nitrogens with zero attached hydrogens (tertiary/aromatic N) is 3. The lowest BCUT2D eigenvalue weighted by atomic mass is 10.1. The number of pyridine rings is 2. The lowest BCUT2D eigenvalue weighted by molar-refractivity contribution is 0.654. The van der Waals surface area contributed by atoms with Crippen molar-refractivity contribution < 1.29 is 13.3 Å². The molecule has 0 atom stereocenters. The normalized spacial score (nSPS) is 12.0. The van der Waals surface area contributed by atoms with Crippen LogP contribution in [0.5, 0.6) is 0 Å². The zero-order valence-electron chi connectivity index (χ0n) is 21.0. The summed E-state index contributed by atoms with van der Waals surface area (Å²) in [5.74, 6) is 0. The van der Waals surface area contributed by atoms with Gasteiger partial charge in [0.2, 0.25) is 11.4 Å². The summed E-state index contributed by atoms with van der Waals surface area (Å²) in [5.41, 5.74) is 7.53. The Bertz CT molecular complexity index is 2300. The van der Waals surface area contributed by atoms with Crippen molar-refractivity contribution in [2.75, 3.05) is 4.90 Å². The molecule has 6 heteroatoms. The Kier molecular flexibility index (Phi) is 4.24. The van der Waals surface area contributed by atoms with Gasteiger partial charge in [-0.05, 0) is 78.9 Å². The SMILES string of the molecule is c1ccc2c(c1)oc1cccc(N(c3ccc4oc5ncccc5c4c3)c3ccc4oc5ncccc5c4c3)c12. The van der Waals surface area contributed by atoms with Crippen LogP contribution >= 0.6 is 0 Å². The Hall–Kier alpha value is -5.62. The zero-order valence-corrected chi connectivity index (χ0v) is 21.0. The number of hydrogen-bond acceptors (Lipinski definition) is 6. The number of rotatable bonds is 3. The molecule has 5 heterocycles. The van der Waals surface area contributed by atoms with E-state index in [0.717, 1.165) is 71.7 Å². The van der Waals surface area contributed by atoms with Gasteiger partial charge in [0.1, 0.15) is 22.3 Å². The molecule has 0 fully saturated rings. The summed E-state index contributed by atoms with van der Waals surface area (Å²) >= 11 is 0. The van der Waals surface area contributed by atoms with E-state index in [0.29, 0.717) is 11.4 Å². The molecule has 0 aliphatic carbocycles. The maximum Gasteiger partial charge on any atom is 0.227 e. The third kappa shape index (κ3) is 2.98. The van der Waals surface area contributed by atoms with Crippen molar-refractivity contribution in [1.82, 2.24) is 9.97 Å². The first-order valence-corrected chi connectivity index (χ1v) is 13.1. The van der Waals surface area contributed by atoms with Crippen LogP contribution in [-0.4, -0.2) is 9.97 Å². The minimum absolute atomic E-state index is 0.628. The molecular formula is C34H19N3O3. The van der Waals surface area contributed by atoms with Gasteiger partial charge >= 0.3 is 0 Å². The van der Waals surface area contributed by atoms with Gasteiger partial charge in [0, 0.05) is 50.7 Å². The predicted octanol–water partition coefficient (Wildman–Crippen LogP) is 9.64. The summed E-state index contributed by atoms with van der Waals surface area (Å²) in [4.78, 5) is 11.1. The van der Waals surface area contributed by atoms with Gasteiger partial charge in [0.25, 0.3) is 0 Å². The topological polar surface area (TPSA) is 68.4 Å². The standard InChI is InChI=1S/C34H19N3O3/c1-2-10-28-24(6-1)32-27(9-3-11-31(32)38-28)37(20-12-14-29-25(18-20)22-7-4-16-35-33(22)39-29)21-13-15-30-26(19-21)23-8-5-17-36-34(23)40-30/h1-19H. The van der Waals surface area contributed by atoms with E-state index in [1.54, 1.807) is 12.4 Å². The van der Waals surface area contributed by atoms with E-state index in [-0.39, 0.29) is 0 Å². The van der Waals surface area contributed by atoms with E-state index < -0.39 is 0 Å². The Balaban J connectivity index is 1.37. The predicted molar refractivity (Wildman–Crippen MR) is 159 cm³/mol. The molecule has 0 saturated carbocycles. The van der Waals surface area contributed by atoms with Crippen LogP contribution in [0.1, 0.15) is 0 Å². The van der Waals surface area contributed by atoms with Crippen LogP contribution in [-0.2, 0) is 0 Å². The molecule has 0 spiro atoms. The Morgan fingerprint density at radius 2 is 1.02 bits per heavy atom. The fraction of sp³-hybridized carbons (Fsp3) is 0. The molecule has 0 aliphatic rings. The first-order chi connectivity index (χ1) is 19.8. The number of furan rings is 3. The van der Waals surface area contributed by atoms with Crippen molar-refractivity contribution in [1.29, 1.82) is 0 Å². The summed E-state index contributed by atoms with van der Waals surface area (Å²) in [6, 6.07) is 34.9. The number of para-hydroxylation sites is 1. The highest BCUT2D eigenvalue weighted by Gasteiger charge is 2.21. The van der Waals surface area contributed by atoms with Crippen molar-refractivity contribution in [2.45, 2.75) is 0 Å². The Labute approximate surface area is 226 Å². The van der Waals surface area contributed by atoms with Crippen LogP contribution in [0.3, 0.4) is 0 Å². The maximum atomic E-state index is 6.27. The van der Waals surface area contributed by atoms with Gasteiger partial charge in [-0.25, -0.2) is 9.97 Å². The summed E-state index contributed by atoms with van der Waals surface area (Å²) in [6.07, 6.45) is 3.50. The van der Waals surface area contributed by atoms with Crippen LogP contribution in [0, 0.1) is 0 Å². The Morgan fingerprint density at radius 1 is 0.450 bits per heavy atom. The molecular weight excluding hydrogens is 498 g/mol. The highest BCUT2D eigenvalue weighted by molar-refractivity contribution is 6.14. The summed E-state index contributed by atoms with van der Waals surface area (Å²) in [5, 5.41) is 6.09. The number of fused-ring (bicyclic) bond motifs is 9. The van der Waals surface area contributed by atoms with Gasteiger partial charge in [-0.1, -0.05) is 24.3 Å². The van der Waals surface area contributed by atoms with Crippen molar-refractivity contribution in [3.05, 3.63) is 116 Å². The van der Waals surface area contributed by atoms with E-state index in [9.17, 15) is 0 Å². The zero-order chi connectivity index (χ0) is 26.2. The van der Waals surface area contributed by atoms with E-state index in [2.05, 4.69) is 51.3 Å². The average molecular weight is 518 g/mol. The van der Waals surface area contributed by atoms with E-state index in [1.165, 1.54) is 0 Å². The van der Waals surface area contributed by atoms with Crippen LogP contribution in [0.25, 0.3) is 66.1 Å². The smallest absolute Gasteiger partial charge is 0.227 e. The van der Waals surface area contributed by atoms with Gasteiger partial charge in [-0.15, -0.1) is 0 Å². The molecule has 5 aromatic heterocycles. The molecule has 0 bridgehead atoms. The summed E-state index contributed by atoms with van der Waals surface area (Å²) in [7, 11) is 0. The lowest BCUT2D eigenvalue weighted by Gasteiger charge is -2.26. The highest BCUT2D eigenvalue weighted by atomic mass is 16.3. The fourth-order valence-electron chi connectivity index (χ4n) is 5.85. The monoisotopic (exact) mass is 517 g/mol. The molecule has 0 unspecified atom stereocenters.